The zero-order valence-electron chi connectivity index (χ0n) is 22.2. The topological polar surface area (TPSA) is 175 Å². The maximum absolute atomic E-state index is 5.48. The summed E-state index contributed by atoms with van der Waals surface area (Å²) in [5.41, 5.74) is 0. The van der Waals surface area contributed by atoms with Crippen LogP contribution in [0.4, 0.5) is 0 Å². The molecule has 0 unspecified atom stereocenters. The highest BCUT2D eigenvalue weighted by Gasteiger charge is 1.99. The Hall–Kier alpha value is 3.58. The third-order valence-electron chi connectivity index (χ3n) is 3.03. The lowest BCUT2D eigenvalue weighted by Gasteiger charge is -2.09. The van der Waals surface area contributed by atoms with E-state index in [2.05, 4.69) is 0 Å². The van der Waals surface area contributed by atoms with Gasteiger partial charge in [-0.25, -0.2) is 0 Å². The van der Waals surface area contributed by atoms with Gasteiger partial charge in [0.1, 0.15) is 10.5 Å². The van der Waals surface area contributed by atoms with Crippen molar-refractivity contribution in [2.75, 3.05) is 0 Å². The van der Waals surface area contributed by atoms with E-state index in [1.54, 1.807) is 0 Å². The minimum Gasteiger partial charge on any atom is -0.449 e. The van der Waals surface area contributed by atoms with E-state index in [1.165, 1.54) is 10.5 Å². The van der Waals surface area contributed by atoms with E-state index in [0.29, 0.717) is 0 Å². The van der Waals surface area contributed by atoms with Gasteiger partial charge >= 0.3 is 0 Å². The third kappa shape index (κ3) is 41.6. The predicted octanol–water partition coefficient (Wildman–Crippen LogP) is -19.9. The van der Waals surface area contributed by atoms with Crippen LogP contribution in [0.1, 0.15) is 0 Å². The largest absolute Gasteiger partial charge is 0.449 e. The molecular weight excluding hydrogens is 866 g/mol. The Morgan fingerprint density at radius 1 is 0.256 bits per heavy atom. The number of hydrogen-bond donors (Lipinski definition) is 0. The fourth-order valence-corrected chi connectivity index (χ4v) is 34.5. The zero-order chi connectivity index (χ0) is 28.2. The van der Waals surface area contributed by atoms with Crippen LogP contribution in [0.5, 0.6) is 0 Å². The Balaban J connectivity index is 3.01. The second-order valence-corrected chi connectivity index (χ2v) is 42.0. The molecule has 19 nitrogen and oxygen atoms in total. The third-order valence-corrected chi connectivity index (χ3v) is 27.3. The summed E-state index contributed by atoms with van der Waals surface area (Å²) in [6.07, 6.45) is 0. The molecule has 0 atom stereocenters. The average Bonchev–Trinajstić information content (AvgIpc) is 2.95. The van der Waals surface area contributed by atoms with E-state index < -0.39 is 180 Å². The van der Waals surface area contributed by atoms with Crippen LogP contribution in [0.15, 0.2) is 0 Å². The normalized spacial score (nSPS) is 17.2. The van der Waals surface area contributed by atoms with Crippen molar-refractivity contribution >= 4 is 201 Å². The van der Waals surface area contributed by atoms with Gasteiger partial charge in [-0.1, -0.05) is 0 Å². The van der Waals surface area contributed by atoms with Gasteiger partial charge in [-0.05, 0) is 0 Å². The molecule has 39 heavy (non-hydrogen) atoms. The lowest BCUT2D eigenvalue weighted by molar-refractivity contribution is 0.355. The van der Waals surface area contributed by atoms with Crippen molar-refractivity contribution in [2.45, 2.75) is 0 Å². The van der Waals surface area contributed by atoms with E-state index in [4.69, 9.17) is 78.2 Å². The summed E-state index contributed by atoms with van der Waals surface area (Å²) in [4.78, 5) is 0. The average molecular weight is 907 g/mol. The van der Waals surface area contributed by atoms with Crippen LogP contribution in [0, 0.1) is 0 Å². The Morgan fingerprint density at radius 3 is 0.564 bits per heavy atom. The zero-order valence-corrected chi connectivity index (χ0v) is 51.1. The minimum absolute atomic E-state index is 0.735. The van der Waals surface area contributed by atoms with Crippen molar-refractivity contribution in [3.63, 3.8) is 0 Å². The molecule has 0 saturated carbocycles. The van der Waals surface area contributed by atoms with Crippen molar-refractivity contribution < 1.29 is 78.2 Å². The highest BCUT2D eigenvalue weighted by molar-refractivity contribution is 6.52. The molecule has 0 aliphatic rings. The van der Waals surface area contributed by atoms with Gasteiger partial charge in [-0.3, -0.25) is 0 Å². The van der Waals surface area contributed by atoms with Crippen molar-refractivity contribution in [1.29, 1.82) is 0 Å². The second kappa shape index (κ2) is 41.6. The molecule has 39 heteroatoms. The van der Waals surface area contributed by atoms with Crippen LogP contribution in [-0.2, 0) is 78.2 Å². The summed E-state index contributed by atoms with van der Waals surface area (Å²) in [6, 6.07) is 0. The highest BCUT2D eigenvalue weighted by Crippen LogP contribution is 1.81. The monoisotopic (exact) mass is 905 g/mol. The lowest BCUT2D eigenvalue weighted by atomic mass is 15.7. The lowest BCUT2D eigenvalue weighted by Crippen LogP contribution is -2.22. The maximum atomic E-state index is 5.48. The first-order valence-corrected chi connectivity index (χ1v) is 33.3. The fraction of sp³-hybridized carbons (Fsp3) is 0. The number of rotatable bonds is 36. The first kappa shape index (κ1) is 42.6. The molecule has 0 rings (SSSR count). The molecule has 0 spiro atoms. The molecule has 0 aromatic heterocycles. The molecular formula is H41O19Si20. The SMILES string of the molecule is [SiH2]O[SiH2]O[SiH2]O[SiH2]O[SiH2]O[SiH2]O[SiH2]O[SiH2]O[SiH2]O[SiH2]O[SiH2]O[SiH2]O[SiH2]O[SiH2]O[SiH2]O[SiH2]O[SiH2]O[SiH2]O[SiH2]O[SiH3]. The highest BCUT2D eigenvalue weighted by atomic mass is 28.4. The van der Waals surface area contributed by atoms with Gasteiger partial charge in [0.2, 0.25) is 0 Å². The van der Waals surface area contributed by atoms with Gasteiger partial charge in [0.15, 0.2) is 10.5 Å². The standard InChI is InChI=1S/H41O19Si20/c20-1-22-3-24-5-26-7-28-9-30-11-32-13-34-15-36-17-38-19-39-18-37-16-35-14-33-12-31-10-29-8-27-6-25-4-23-2-21/h20,22-39H2,21H3. The summed E-state index contributed by atoms with van der Waals surface area (Å²) in [6.45, 7) is 0. The first-order valence-electron chi connectivity index (χ1n) is 11.1. The van der Waals surface area contributed by atoms with Gasteiger partial charge in [0.25, 0.3) is 180 Å². The molecule has 235 valence electrons. The summed E-state index contributed by atoms with van der Waals surface area (Å²) < 4.78 is 102. The molecule has 1 radical (unpaired) electrons. The van der Waals surface area contributed by atoms with Gasteiger partial charge in [0.05, 0.1) is 0 Å². The van der Waals surface area contributed by atoms with Crippen molar-refractivity contribution in [3.05, 3.63) is 0 Å². The smallest absolute Gasteiger partial charge is 0.286 e. The van der Waals surface area contributed by atoms with Crippen molar-refractivity contribution in [2.24, 2.45) is 0 Å². The van der Waals surface area contributed by atoms with Gasteiger partial charge in [-0.2, -0.15) is 0 Å². The van der Waals surface area contributed by atoms with E-state index in [-0.39, 0.29) is 0 Å². The van der Waals surface area contributed by atoms with E-state index in [9.17, 15) is 0 Å². The van der Waals surface area contributed by atoms with Gasteiger partial charge in [-0.15, -0.1) is 0 Å². The van der Waals surface area contributed by atoms with Gasteiger partial charge in [0, 0.05) is 0 Å². The maximum Gasteiger partial charge on any atom is 0.286 e. The van der Waals surface area contributed by atoms with Crippen LogP contribution >= 0.6 is 0 Å². The Kier molecular flexibility index (Phi) is 45.4. The van der Waals surface area contributed by atoms with Crippen LogP contribution in [-0.4, -0.2) is 201 Å². The summed E-state index contributed by atoms with van der Waals surface area (Å²) in [5, 5.41) is 0. The molecule has 0 saturated heterocycles. The Labute approximate surface area is 277 Å². The summed E-state index contributed by atoms with van der Waals surface area (Å²) in [5.74, 6) is 0. The Bertz CT molecular complexity index is 388. The Morgan fingerprint density at radius 2 is 0.410 bits per heavy atom. The molecule has 0 fully saturated rings. The first-order chi connectivity index (χ1) is 19.4. The molecule has 0 amide bonds. The van der Waals surface area contributed by atoms with E-state index in [1.807, 2.05) is 0 Å². The van der Waals surface area contributed by atoms with Crippen LogP contribution in [0.3, 0.4) is 0 Å². The summed E-state index contributed by atoms with van der Waals surface area (Å²) >= 11 is 0. The molecule has 0 aliphatic carbocycles. The molecule has 0 heterocycles. The summed E-state index contributed by atoms with van der Waals surface area (Å²) in [7, 11) is -15.3. The molecule has 0 aromatic carbocycles. The molecule has 0 N–H and O–H groups in total. The van der Waals surface area contributed by atoms with E-state index in [0.717, 1.165) is 10.5 Å². The van der Waals surface area contributed by atoms with Crippen molar-refractivity contribution in [1.82, 2.24) is 0 Å². The van der Waals surface area contributed by atoms with E-state index >= 15 is 0 Å². The molecule has 0 bridgehead atoms. The van der Waals surface area contributed by atoms with Crippen LogP contribution in [0.2, 0.25) is 0 Å². The molecule has 0 aliphatic heterocycles. The number of hydrogen-bond acceptors (Lipinski definition) is 19. The van der Waals surface area contributed by atoms with Crippen molar-refractivity contribution in [3.8, 4) is 0 Å². The van der Waals surface area contributed by atoms with Crippen LogP contribution in [0.25, 0.3) is 0 Å². The second-order valence-electron chi connectivity index (χ2n) is 6.08. The fourth-order valence-electron chi connectivity index (χ4n) is 1.66. The molecule has 0 aromatic rings. The van der Waals surface area contributed by atoms with Crippen LogP contribution < -0.4 is 0 Å². The van der Waals surface area contributed by atoms with Gasteiger partial charge < -0.3 is 78.2 Å². The predicted molar refractivity (Wildman–Crippen MR) is 193 cm³/mol. The quantitative estimate of drug-likeness (QED) is 0.0428. The minimum atomic E-state index is -1.03.